The van der Waals surface area contributed by atoms with Gasteiger partial charge >= 0.3 is 0 Å². The molecule has 1 atom stereocenters. The molecule has 0 unspecified atom stereocenters. The number of ether oxygens (including phenoxy) is 2. The van der Waals surface area contributed by atoms with Crippen LogP contribution in [0.3, 0.4) is 0 Å². The molecule has 0 radical (unpaired) electrons. The van der Waals surface area contributed by atoms with E-state index >= 15 is 0 Å². The van der Waals surface area contributed by atoms with E-state index < -0.39 is 6.04 Å². The molecule has 1 fully saturated rings. The van der Waals surface area contributed by atoms with Crippen molar-refractivity contribution in [2.45, 2.75) is 76.9 Å². The van der Waals surface area contributed by atoms with Crippen molar-refractivity contribution in [2.24, 2.45) is 0 Å². The summed E-state index contributed by atoms with van der Waals surface area (Å²) in [5, 5.41) is 3.87. The van der Waals surface area contributed by atoms with Gasteiger partial charge < -0.3 is 19.7 Å². The first-order valence-electron chi connectivity index (χ1n) is 12.6. The Morgan fingerprint density at radius 1 is 1.03 bits per heavy atom. The summed E-state index contributed by atoms with van der Waals surface area (Å²) in [7, 11) is 1.62. The predicted octanol–water partition coefficient (Wildman–Crippen LogP) is 5.76. The number of benzene rings is 2. The molecule has 2 aromatic carbocycles. The smallest absolute Gasteiger partial charge is 0.243 e. The Hall–Kier alpha value is -2.73. The molecular formula is C28H37ClN2O4. The second-order valence-corrected chi connectivity index (χ2v) is 9.48. The third kappa shape index (κ3) is 8.46. The third-order valence-electron chi connectivity index (χ3n) is 6.47. The van der Waals surface area contributed by atoms with Crippen molar-refractivity contribution < 1.29 is 19.1 Å². The SMILES string of the molecule is CC[C@H](C(=O)NC1CCCCC1)N(Cc1ccc(OC)cc1)C(=O)CCCOc1ccc(Cl)cc1. The van der Waals surface area contributed by atoms with Crippen molar-refractivity contribution >= 4 is 23.4 Å². The van der Waals surface area contributed by atoms with Gasteiger partial charge in [0.15, 0.2) is 0 Å². The van der Waals surface area contributed by atoms with Crippen LogP contribution < -0.4 is 14.8 Å². The Bertz CT molecular complexity index is 927. The van der Waals surface area contributed by atoms with Gasteiger partial charge in [0.2, 0.25) is 11.8 Å². The average molecular weight is 501 g/mol. The summed E-state index contributed by atoms with van der Waals surface area (Å²) in [6.45, 7) is 2.75. The number of carbonyl (C=O) groups excluding carboxylic acids is 2. The maximum absolute atomic E-state index is 13.4. The third-order valence-corrected chi connectivity index (χ3v) is 6.72. The van der Waals surface area contributed by atoms with E-state index in [0.29, 0.717) is 37.4 Å². The van der Waals surface area contributed by atoms with Crippen LogP contribution in [0.2, 0.25) is 5.02 Å². The summed E-state index contributed by atoms with van der Waals surface area (Å²) in [5.74, 6) is 1.37. The van der Waals surface area contributed by atoms with Gasteiger partial charge in [-0.3, -0.25) is 9.59 Å². The first kappa shape index (κ1) is 26.9. The molecule has 2 aromatic rings. The van der Waals surface area contributed by atoms with E-state index in [-0.39, 0.29) is 17.9 Å². The van der Waals surface area contributed by atoms with Crippen molar-refractivity contribution in [3.63, 3.8) is 0 Å². The molecule has 1 aliphatic rings. The number of hydrogen-bond donors (Lipinski definition) is 1. The lowest BCUT2D eigenvalue weighted by Crippen LogP contribution is -2.51. The van der Waals surface area contributed by atoms with Crippen molar-refractivity contribution in [3.8, 4) is 11.5 Å². The number of nitrogens with one attached hydrogen (secondary N) is 1. The molecule has 1 aliphatic carbocycles. The van der Waals surface area contributed by atoms with Gasteiger partial charge in [-0.1, -0.05) is 49.9 Å². The van der Waals surface area contributed by atoms with Gasteiger partial charge in [-0.2, -0.15) is 0 Å². The zero-order valence-electron chi connectivity index (χ0n) is 20.8. The Morgan fingerprint density at radius 2 is 1.69 bits per heavy atom. The number of hydrogen-bond acceptors (Lipinski definition) is 4. The van der Waals surface area contributed by atoms with Crippen LogP contribution in [0.1, 0.15) is 63.9 Å². The van der Waals surface area contributed by atoms with Gasteiger partial charge in [-0.25, -0.2) is 0 Å². The van der Waals surface area contributed by atoms with Crippen LogP contribution in [0.4, 0.5) is 0 Å². The highest BCUT2D eigenvalue weighted by Crippen LogP contribution is 2.21. The van der Waals surface area contributed by atoms with Crippen LogP contribution >= 0.6 is 11.6 Å². The fourth-order valence-corrected chi connectivity index (χ4v) is 4.61. The van der Waals surface area contributed by atoms with Crippen molar-refractivity contribution in [3.05, 3.63) is 59.1 Å². The van der Waals surface area contributed by atoms with E-state index in [1.165, 1.54) is 6.42 Å². The molecule has 6 nitrogen and oxygen atoms in total. The van der Waals surface area contributed by atoms with E-state index in [1.807, 2.05) is 43.3 Å². The first-order chi connectivity index (χ1) is 17.0. The van der Waals surface area contributed by atoms with Gasteiger partial charge in [0.05, 0.1) is 13.7 Å². The number of halogens is 1. The fourth-order valence-electron chi connectivity index (χ4n) is 4.48. The fraction of sp³-hybridized carbons (Fsp3) is 0.500. The molecule has 35 heavy (non-hydrogen) atoms. The molecule has 190 valence electrons. The summed E-state index contributed by atoms with van der Waals surface area (Å²) in [6.07, 6.45) is 6.95. The van der Waals surface area contributed by atoms with E-state index in [1.54, 1.807) is 24.1 Å². The van der Waals surface area contributed by atoms with Gasteiger partial charge in [0.25, 0.3) is 0 Å². The topological polar surface area (TPSA) is 67.9 Å². The number of amides is 2. The molecule has 0 spiro atoms. The lowest BCUT2D eigenvalue weighted by atomic mass is 9.95. The maximum Gasteiger partial charge on any atom is 0.243 e. The van der Waals surface area contributed by atoms with Gasteiger partial charge in [0.1, 0.15) is 17.5 Å². The molecule has 3 rings (SSSR count). The van der Waals surface area contributed by atoms with Crippen LogP contribution in [-0.2, 0) is 16.1 Å². The molecular weight excluding hydrogens is 464 g/mol. The normalized spacial score (nSPS) is 14.7. The molecule has 0 aliphatic heterocycles. The Morgan fingerprint density at radius 3 is 2.31 bits per heavy atom. The second-order valence-electron chi connectivity index (χ2n) is 9.04. The summed E-state index contributed by atoms with van der Waals surface area (Å²) < 4.78 is 11.0. The highest BCUT2D eigenvalue weighted by Gasteiger charge is 2.30. The van der Waals surface area contributed by atoms with Crippen molar-refractivity contribution in [1.29, 1.82) is 0 Å². The lowest BCUT2D eigenvalue weighted by molar-refractivity contribution is -0.142. The minimum atomic E-state index is -0.510. The summed E-state index contributed by atoms with van der Waals surface area (Å²) >= 11 is 5.92. The number of methoxy groups -OCH3 is 1. The lowest BCUT2D eigenvalue weighted by Gasteiger charge is -2.33. The number of rotatable bonds is 12. The van der Waals surface area contributed by atoms with Crippen molar-refractivity contribution in [1.82, 2.24) is 10.2 Å². The van der Waals surface area contributed by atoms with E-state index in [2.05, 4.69) is 5.32 Å². The maximum atomic E-state index is 13.4. The van der Waals surface area contributed by atoms with Gasteiger partial charge in [0, 0.05) is 24.0 Å². The second kappa shape index (κ2) is 14.0. The molecule has 1 saturated carbocycles. The van der Waals surface area contributed by atoms with Gasteiger partial charge in [-0.15, -0.1) is 0 Å². The number of carbonyl (C=O) groups is 2. The van der Waals surface area contributed by atoms with Crippen LogP contribution in [0.15, 0.2) is 48.5 Å². The van der Waals surface area contributed by atoms with Crippen molar-refractivity contribution in [2.75, 3.05) is 13.7 Å². The Labute approximate surface area is 213 Å². The molecule has 2 amide bonds. The largest absolute Gasteiger partial charge is 0.497 e. The Kier molecular flexibility index (Phi) is 10.7. The summed E-state index contributed by atoms with van der Waals surface area (Å²) in [5.41, 5.74) is 0.959. The Balaban J connectivity index is 1.65. The minimum Gasteiger partial charge on any atom is -0.497 e. The standard InChI is InChI=1S/C28H37ClN2O4/c1-3-26(28(33)30-23-8-5-4-6-9-23)31(20-21-11-15-24(34-2)16-12-21)27(32)10-7-19-35-25-17-13-22(29)14-18-25/h11-18,23,26H,3-10,19-20H2,1-2H3,(H,30,33)/t26-/m1/s1. The zero-order valence-corrected chi connectivity index (χ0v) is 21.6. The molecule has 1 N–H and O–H groups in total. The molecule has 0 heterocycles. The monoisotopic (exact) mass is 500 g/mol. The average Bonchev–Trinajstić information content (AvgIpc) is 2.88. The molecule has 0 bridgehead atoms. The first-order valence-corrected chi connectivity index (χ1v) is 13.0. The van der Waals surface area contributed by atoms with E-state index in [9.17, 15) is 9.59 Å². The summed E-state index contributed by atoms with van der Waals surface area (Å²) in [4.78, 5) is 28.4. The predicted molar refractivity (Wildman–Crippen MR) is 139 cm³/mol. The van der Waals surface area contributed by atoms with Crippen LogP contribution in [0.25, 0.3) is 0 Å². The quantitative estimate of drug-likeness (QED) is 0.376. The van der Waals surface area contributed by atoms with Crippen LogP contribution in [0, 0.1) is 0 Å². The minimum absolute atomic E-state index is 0.0498. The zero-order chi connectivity index (χ0) is 25.0. The van der Waals surface area contributed by atoms with E-state index in [4.69, 9.17) is 21.1 Å². The summed E-state index contributed by atoms with van der Waals surface area (Å²) in [6, 6.07) is 14.5. The van der Waals surface area contributed by atoms with Crippen LogP contribution in [0.5, 0.6) is 11.5 Å². The highest BCUT2D eigenvalue weighted by molar-refractivity contribution is 6.30. The van der Waals surface area contributed by atoms with Crippen LogP contribution in [-0.4, -0.2) is 42.5 Å². The molecule has 0 saturated heterocycles. The molecule has 7 heteroatoms. The van der Waals surface area contributed by atoms with E-state index in [0.717, 1.165) is 42.7 Å². The molecule has 0 aromatic heterocycles. The number of nitrogens with zero attached hydrogens (tertiary/aromatic N) is 1. The van der Waals surface area contributed by atoms with Gasteiger partial charge in [-0.05, 0) is 67.6 Å². The highest BCUT2D eigenvalue weighted by atomic mass is 35.5.